The number of rotatable bonds is 5. The fraction of sp³-hybridized carbons (Fsp3) is 0.667. The Morgan fingerprint density at radius 1 is 0.913 bits per heavy atom. The van der Waals surface area contributed by atoms with Gasteiger partial charge in [0.2, 0.25) is 0 Å². The van der Waals surface area contributed by atoms with Gasteiger partial charge in [0.25, 0.3) is 0 Å². The Balaban J connectivity index is 3.54. The van der Waals surface area contributed by atoms with Crippen LogP contribution in [-0.2, 0) is 19.1 Å². The van der Waals surface area contributed by atoms with Crippen LogP contribution in [0.15, 0.2) is 11.4 Å². The largest absolute Gasteiger partial charge is 0.465 e. The zero-order valence-corrected chi connectivity index (χ0v) is 11.8. The lowest BCUT2D eigenvalue weighted by Crippen LogP contribution is -2.50. The van der Waals surface area contributed by atoms with Crippen LogP contribution in [0.4, 0.5) is 30.7 Å². The van der Waals surface area contributed by atoms with Gasteiger partial charge in [0.15, 0.2) is 11.7 Å². The first-order valence-electron chi connectivity index (χ1n) is 6.25. The highest BCUT2D eigenvalue weighted by Gasteiger charge is 2.82. The molecule has 0 aromatic rings. The summed E-state index contributed by atoms with van der Waals surface area (Å²) in [6.45, 7) is 1.34. The Morgan fingerprint density at radius 3 is 1.57 bits per heavy atom. The molecule has 1 rings (SSSR count). The number of carbonyl (C=O) groups is 2. The first-order chi connectivity index (χ1) is 10.4. The van der Waals surface area contributed by atoms with E-state index in [9.17, 15) is 40.3 Å². The molecule has 0 bridgehead atoms. The van der Waals surface area contributed by atoms with E-state index in [4.69, 9.17) is 0 Å². The second-order valence-corrected chi connectivity index (χ2v) is 4.39. The summed E-state index contributed by atoms with van der Waals surface area (Å²) in [6, 6.07) is 0. The average Bonchev–Trinajstić information content (AvgIpc) is 2.50. The Morgan fingerprint density at radius 2 is 1.30 bits per heavy atom. The van der Waals surface area contributed by atoms with Crippen LogP contribution >= 0.6 is 0 Å². The van der Waals surface area contributed by atoms with E-state index >= 15 is 0 Å². The third kappa shape index (κ3) is 2.65. The molecule has 0 unspecified atom stereocenters. The molecule has 0 fully saturated rings. The zero-order chi connectivity index (χ0) is 18.2. The molecule has 0 saturated heterocycles. The minimum absolute atomic E-state index is 0.498. The van der Waals surface area contributed by atoms with Gasteiger partial charge in [-0.05, 0) is 13.8 Å². The summed E-state index contributed by atoms with van der Waals surface area (Å²) in [5.74, 6) is -27.9. The third-order valence-electron chi connectivity index (χ3n) is 2.97. The highest BCUT2D eigenvalue weighted by atomic mass is 19.3. The molecule has 23 heavy (non-hydrogen) atoms. The molecule has 0 aromatic heterocycles. The molecule has 0 spiro atoms. The maximum absolute atomic E-state index is 13.6. The van der Waals surface area contributed by atoms with Gasteiger partial charge in [0.05, 0.1) is 18.8 Å². The fourth-order valence-corrected chi connectivity index (χ4v) is 1.90. The van der Waals surface area contributed by atoms with Crippen molar-refractivity contribution in [2.24, 2.45) is 5.92 Å². The SMILES string of the molecule is CCOC(=O)C(C(=O)OCC)C1=C(F)C(F)(F)C(F)(F)C1(F)F. The summed E-state index contributed by atoms with van der Waals surface area (Å²) in [6.07, 6.45) is 0. The summed E-state index contributed by atoms with van der Waals surface area (Å²) in [4.78, 5) is 23.1. The van der Waals surface area contributed by atoms with Crippen LogP contribution in [0, 0.1) is 5.92 Å². The molecule has 0 radical (unpaired) electrons. The van der Waals surface area contributed by atoms with E-state index in [0.29, 0.717) is 0 Å². The van der Waals surface area contributed by atoms with E-state index in [1.54, 1.807) is 0 Å². The second kappa shape index (κ2) is 6.00. The lowest BCUT2D eigenvalue weighted by Gasteiger charge is -2.26. The van der Waals surface area contributed by atoms with Gasteiger partial charge in [0.1, 0.15) is 0 Å². The Hall–Kier alpha value is -1.81. The third-order valence-corrected chi connectivity index (χ3v) is 2.97. The molecule has 4 nitrogen and oxygen atoms in total. The second-order valence-electron chi connectivity index (χ2n) is 4.39. The Labute approximate surface area is 125 Å². The minimum Gasteiger partial charge on any atom is -0.465 e. The number of hydrogen-bond acceptors (Lipinski definition) is 4. The molecule has 0 N–H and O–H groups in total. The van der Waals surface area contributed by atoms with Gasteiger partial charge in [-0.3, -0.25) is 9.59 Å². The van der Waals surface area contributed by atoms with Gasteiger partial charge < -0.3 is 9.47 Å². The first-order valence-corrected chi connectivity index (χ1v) is 6.25. The van der Waals surface area contributed by atoms with Gasteiger partial charge in [0, 0.05) is 0 Å². The van der Waals surface area contributed by atoms with E-state index in [2.05, 4.69) is 9.47 Å². The quantitative estimate of drug-likeness (QED) is 0.434. The van der Waals surface area contributed by atoms with Crippen molar-refractivity contribution in [1.82, 2.24) is 0 Å². The number of carbonyl (C=O) groups excluding carboxylic acids is 2. The van der Waals surface area contributed by atoms with Crippen molar-refractivity contribution in [2.75, 3.05) is 13.2 Å². The lowest BCUT2D eigenvalue weighted by atomic mass is 9.94. The molecule has 1 aliphatic rings. The van der Waals surface area contributed by atoms with Crippen LogP contribution in [0.25, 0.3) is 0 Å². The molecular formula is C12H11F7O4. The number of alkyl halides is 6. The maximum Gasteiger partial charge on any atom is 0.382 e. The minimum atomic E-state index is -6.16. The zero-order valence-electron chi connectivity index (χ0n) is 11.8. The van der Waals surface area contributed by atoms with Crippen molar-refractivity contribution in [3.8, 4) is 0 Å². The van der Waals surface area contributed by atoms with Crippen molar-refractivity contribution in [3.63, 3.8) is 0 Å². The van der Waals surface area contributed by atoms with Crippen LogP contribution in [0.1, 0.15) is 13.8 Å². The van der Waals surface area contributed by atoms with Crippen LogP contribution in [0.3, 0.4) is 0 Å². The molecule has 0 atom stereocenters. The standard InChI is InChI=1S/C12H11F7O4/c1-3-22-8(20)5(9(21)23-4-2)6-7(13)11(16,17)12(18,19)10(6,14)15/h5H,3-4H2,1-2H3. The van der Waals surface area contributed by atoms with Gasteiger partial charge in [-0.1, -0.05) is 0 Å². The highest BCUT2D eigenvalue weighted by molar-refractivity contribution is 5.99. The monoisotopic (exact) mass is 352 g/mol. The van der Waals surface area contributed by atoms with E-state index in [1.165, 1.54) is 13.8 Å². The summed E-state index contributed by atoms with van der Waals surface area (Å²) in [5.41, 5.74) is -2.65. The molecule has 1 aliphatic carbocycles. The molecule has 0 saturated carbocycles. The van der Waals surface area contributed by atoms with E-state index in [1.807, 2.05) is 0 Å². The van der Waals surface area contributed by atoms with Crippen molar-refractivity contribution in [2.45, 2.75) is 31.6 Å². The molecule has 0 heterocycles. The highest BCUT2D eigenvalue weighted by Crippen LogP contribution is 2.61. The van der Waals surface area contributed by atoms with Gasteiger partial charge in [-0.15, -0.1) is 0 Å². The lowest BCUT2D eigenvalue weighted by molar-refractivity contribution is -0.269. The number of allylic oxidation sites excluding steroid dienone is 1. The Kier molecular flexibility index (Phi) is 5.02. The summed E-state index contributed by atoms with van der Waals surface area (Å²) in [7, 11) is 0. The predicted molar refractivity (Wildman–Crippen MR) is 59.7 cm³/mol. The first kappa shape index (κ1) is 19.2. The number of halogens is 7. The van der Waals surface area contributed by atoms with Crippen LogP contribution in [-0.4, -0.2) is 42.9 Å². The van der Waals surface area contributed by atoms with Crippen molar-refractivity contribution in [3.05, 3.63) is 11.4 Å². The van der Waals surface area contributed by atoms with Crippen LogP contribution in [0.2, 0.25) is 0 Å². The number of hydrogen-bond donors (Lipinski definition) is 0. The normalized spacial score (nSPS) is 21.5. The maximum atomic E-state index is 13.6. The molecule has 0 aliphatic heterocycles. The predicted octanol–water partition coefficient (Wildman–Crippen LogP) is 2.87. The van der Waals surface area contributed by atoms with Gasteiger partial charge >= 0.3 is 29.7 Å². The molecule has 11 heteroatoms. The van der Waals surface area contributed by atoms with E-state index in [0.717, 1.165) is 0 Å². The smallest absolute Gasteiger partial charge is 0.382 e. The average molecular weight is 352 g/mol. The van der Waals surface area contributed by atoms with Crippen LogP contribution in [0.5, 0.6) is 0 Å². The van der Waals surface area contributed by atoms with E-state index < -0.39 is 60.2 Å². The van der Waals surface area contributed by atoms with Crippen molar-refractivity contribution < 1.29 is 49.8 Å². The summed E-state index contributed by atoms with van der Waals surface area (Å²) in [5, 5.41) is 0. The topological polar surface area (TPSA) is 52.6 Å². The van der Waals surface area contributed by atoms with Crippen molar-refractivity contribution in [1.29, 1.82) is 0 Å². The van der Waals surface area contributed by atoms with E-state index in [-0.39, 0.29) is 0 Å². The summed E-state index contributed by atoms with van der Waals surface area (Å²) >= 11 is 0. The Bertz CT molecular complexity index is 524. The van der Waals surface area contributed by atoms with Gasteiger partial charge in [-0.25, -0.2) is 4.39 Å². The molecular weight excluding hydrogens is 341 g/mol. The fourth-order valence-electron chi connectivity index (χ4n) is 1.90. The molecule has 0 amide bonds. The molecule has 132 valence electrons. The number of ether oxygens (including phenoxy) is 2. The van der Waals surface area contributed by atoms with Crippen molar-refractivity contribution >= 4 is 11.9 Å². The summed E-state index contributed by atoms with van der Waals surface area (Å²) < 4.78 is 102. The van der Waals surface area contributed by atoms with Gasteiger partial charge in [-0.2, -0.15) is 26.3 Å². The van der Waals surface area contributed by atoms with Crippen LogP contribution < -0.4 is 0 Å². The molecule has 0 aromatic carbocycles. The number of esters is 2.